The van der Waals surface area contributed by atoms with E-state index in [-0.39, 0.29) is 5.54 Å². The van der Waals surface area contributed by atoms with Crippen LogP contribution in [0.1, 0.15) is 26.3 Å². The highest BCUT2D eigenvalue weighted by Crippen LogP contribution is 2.12. The second kappa shape index (κ2) is 4.27. The Morgan fingerprint density at radius 1 is 1.29 bits per heavy atom. The van der Waals surface area contributed by atoms with Gasteiger partial charge in [0.05, 0.1) is 12.6 Å². The maximum absolute atomic E-state index is 5.13. The topological polar surface area (TPSA) is 21.6 Å². The van der Waals surface area contributed by atoms with E-state index in [1.54, 1.807) is 7.11 Å². The highest BCUT2D eigenvalue weighted by Gasteiger charge is 2.04. The molecule has 0 aliphatic heterocycles. The van der Waals surface area contributed by atoms with Crippen molar-refractivity contribution in [2.45, 2.75) is 26.3 Å². The zero-order valence-electron chi connectivity index (χ0n) is 9.24. The van der Waals surface area contributed by atoms with Crippen LogP contribution in [0.3, 0.4) is 0 Å². The van der Waals surface area contributed by atoms with Gasteiger partial charge in [0.25, 0.3) is 0 Å². The fourth-order valence-electron chi connectivity index (χ4n) is 0.990. The van der Waals surface area contributed by atoms with Gasteiger partial charge >= 0.3 is 0 Å². The van der Waals surface area contributed by atoms with E-state index < -0.39 is 0 Å². The molecule has 0 N–H and O–H groups in total. The molecule has 0 bridgehead atoms. The highest BCUT2D eigenvalue weighted by atomic mass is 16.5. The van der Waals surface area contributed by atoms with E-state index in [2.05, 4.69) is 25.8 Å². The molecule has 14 heavy (non-hydrogen) atoms. The molecular weight excluding hydrogens is 174 g/mol. The van der Waals surface area contributed by atoms with Crippen molar-refractivity contribution < 1.29 is 4.74 Å². The van der Waals surface area contributed by atoms with E-state index in [0.717, 1.165) is 11.3 Å². The molecule has 0 fully saturated rings. The van der Waals surface area contributed by atoms with Gasteiger partial charge in [0, 0.05) is 6.21 Å². The molecule has 76 valence electrons. The van der Waals surface area contributed by atoms with Crippen LogP contribution in [0.15, 0.2) is 29.3 Å². The summed E-state index contributed by atoms with van der Waals surface area (Å²) in [6.07, 6.45) is 1.88. The number of hydrogen-bond donors (Lipinski definition) is 0. The van der Waals surface area contributed by atoms with E-state index in [9.17, 15) is 0 Å². The summed E-state index contributed by atoms with van der Waals surface area (Å²) in [5.41, 5.74) is 1.04. The minimum Gasteiger partial charge on any atom is -0.497 e. The Kier molecular flexibility index (Phi) is 3.28. The first-order chi connectivity index (χ1) is 6.51. The smallest absolute Gasteiger partial charge is 0.119 e. The molecule has 1 aromatic carbocycles. The standard InChI is InChI=1S/C12H17NO/c1-12(2,3)13-9-10-6-5-7-11(8-10)14-4/h5-9H,1-4H3. The van der Waals surface area contributed by atoms with E-state index in [0.29, 0.717) is 0 Å². The normalized spacial score (nSPS) is 12.0. The predicted molar refractivity (Wildman–Crippen MR) is 60.3 cm³/mol. The van der Waals surface area contributed by atoms with Crippen LogP contribution in [-0.2, 0) is 0 Å². The summed E-state index contributed by atoms with van der Waals surface area (Å²) < 4.78 is 5.13. The Balaban J connectivity index is 2.82. The molecule has 2 nitrogen and oxygen atoms in total. The molecule has 0 aliphatic carbocycles. The molecule has 0 radical (unpaired) electrons. The van der Waals surface area contributed by atoms with Crippen molar-refractivity contribution in [1.29, 1.82) is 0 Å². The van der Waals surface area contributed by atoms with Crippen LogP contribution in [0.25, 0.3) is 0 Å². The van der Waals surface area contributed by atoms with Gasteiger partial charge in [0.1, 0.15) is 5.75 Å². The number of hydrogen-bond acceptors (Lipinski definition) is 2. The number of rotatable bonds is 2. The van der Waals surface area contributed by atoms with Gasteiger partial charge in [0.2, 0.25) is 0 Å². The summed E-state index contributed by atoms with van der Waals surface area (Å²) in [6.45, 7) is 6.22. The summed E-state index contributed by atoms with van der Waals surface area (Å²) in [4.78, 5) is 4.42. The molecule has 0 saturated carbocycles. The van der Waals surface area contributed by atoms with Crippen molar-refractivity contribution in [3.05, 3.63) is 29.8 Å². The van der Waals surface area contributed by atoms with E-state index in [1.165, 1.54) is 0 Å². The molecule has 0 spiro atoms. The Morgan fingerprint density at radius 2 is 2.00 bits per heavy atom. The average molecular weight is 191 g/mol. The SMILES string of the molecule is COc1cccc(C=NC(C)(C)C)c1. The Hall–Kier alpha value is -1.31. The van der Waals surface area contributed by atoms with Gasteiger partial charge in [-0.1, -0.05) is 12.1 Å². The fraction of sp³-hybridized carbons (Fsp3) is 0.417. The zero-order chi connectivity index (χ0) is 10.6. The molecule has 0 aromatic heterocycles. The molecule has 1 rings (SSSR count). The fourth-order valence-corrected chi connectivity index (χ4v) is 0.990. The van der Waals surface area contributed by atoms with Crippen LogP contribution >= 0.6 is 0 Å². The van der Waals surface area contributed by atoms with Gasteiger partial charge in [-0.25, -0.2) is 0 Å². The van der Waals surface area contributed by atoms with Crippen LogP contribution in [0.2, 0.25) is 0 Å². The third-order valence-corrected chi connectivity index (χ3v) is 1.69. The van der Waals surface area contributed by atoms with Crippen molar-refractivity contribution in [1.82, 2.24) is 0 Å². The van der Waals surface area contributed by atoms with Crippen LogP contribution in [-0.4, -0.2) is 18.9 Å². The van der Waals surface area contributed by atoms with Gasteiger partial charge in [-0.3, -0.25) is 4.99 Å². The number of ether oxygens (including phenoxy) is 1. The molecule has 0 saturated heterocycles. The molecule has 0 heterocycles. The molecule has 0 aliphatic rings. The molecule has 0 unspecified atom stereocenters. The minimum atomic E-state index is -0.0247. The predicted octanol–water partition coefficient (Wildman–Crippen LogP) is 2.91. The van der Waals surface area contributed by atoms with Gasteiger partial charge in [-0.15, -0.1) is 0 Å². The summed E-state index contributed by atoms with van der Waals surface area (Å²) in [6, 6.07) is 7.87. The highest BCUT2D eigenvalue weighted by molar-refractivity contribution is 5.80. The van der Waals surface area contributed by atoms with Gasteiger partial charge in [-0.2, -0.15) is 0 Å². The Morgan fingerprint density at radius 3 is 2.57 bits per heavy atom. The second-order valence-electron chi connectivity index (χ2n) is 4.21. The van der Waals surface area contributed by atoms with Crippen molar-refractivity contribution in [3.63, 3.8) is 0 Å². The maximum Gasteiger partial charge on any atom is 0.119 e. The first kappa shape index (κ1) is 10.8. The van der Waals surface area contributed by atoms with Crippen molar-refractivity contribution in [3.8, 4) is 5.75 Å². The lowest BCUT2D eigenvalue weighted by molar-refractivity contribution is 0.414. The summed E-state index contributed by atoms with van der Waals surface area (Å²) in [7, 11) is 1.67. The van der Waals surface area contributed by atoms with E-state index >= 15 is 0 Å². The lowest BCUT2D eigenvalue weighted by atomic mass is 10.1. The quantitative estimate of drug-likeness (QED) is 0.659. The molecule has 1 aromatic rings. The number of aliphatic imine (C=N–C) groups is 1. The monoisotopic (exact) mass is 191 g/mol. The lowest BCUT2D eigenvalue weighted by Gasteiger charge is -2.10. The first-order valence-corrected chi connectivity index (χ1v) is 4.70. The second-order valence-corrected chi connectivity index (χ2v) is 4.21. The van der Waals surface area contributed by atoms with Crippen molar-refractivity contribution in [2.24, 2.45) is 4.99 Å². The van der Waals surface area contributed by atoms with Crippen LogP contribution in [0.4, 0.5) is 0 Å². The average Bonchev–Trinajstić information content (AvgIpc) is 2.14. The minimum absolute atomic E-state index is 0.0247. The van der Waals surface area contributed by atoms with Crippen molar-refractivity contribution in [2.75, 3.05) is 7.11 Å². The van der Waals surface area contributed by atoms with Gasteiger partial charge in [0.15, 0.2) is 0 Å². The molecule has 2 heteroatoms. The first-order valence-electron chi connectivity index (χ1n) is 4.70. The zero-order valence-corrected chi connectivity index (χ0v) is 9.24. The summed E-state index contributed by atoms with van der Waals surface area (Å²) in [5, 5.41) is 0. The Bertz CT molecular complexity index is 323. The van der Waals surface area contributed by atoms with Crippen LogP contribution < -0.4 is 4.74 Å². The summed E-state index contributed by atoms with van der Waals surface area (Å²) >= 11 is 0. The van der Waals surface area contributed by atoms with Crippen LogP contribution in [0, 0.1) is 0 Å². The third-order valence-electron chi connectivity index (χ3n) is 1.69. The summed E-state index contributed by atoms with van der Waals surface area (Å²) in [5.74, 6) is 0.864. The van der Waals surface area contributed by atoms with Crippen LogP contribution in [0.5, 0.6) is 5.75 Å². The molecule has 0 atom stereocenters. The lowest BCUT2D eigenvalue weighted by Crippen LogP contribution is -2.09. The van der Waals surface area contributed by atoms with E-state index in [1.807, 2.05) is 30.5 Å². The number of nitrogens with zero attached hydrogens (tertiary/aromatic N) is 1. The largest absolute Gasteiger partial charge is 0.497 e. The third kappa shape index (κ3) is 3.60. The van der Waals surface area contributed by atoms with E-state index in [4.69, 9.17) is 4.74 Å². The maximum atomic E-state index is 5.13. The molecule has 0 amide bonds. The van der Waals surface area contributed by atoms with Gasteiger partial charge in [-0.05, 0) is 38.5 Å². The molecular formula is C12H17NO. The Labute approximate surface area is 85.6 Å². The van der Waals surface area contributed by atoms with Gasteiger partial charge < -0.3 is 4.74 Å². The number of methoxy groups -OCH3 is 1. The van der Waals surface area contributed by atoms with Crippen molar-refractivity contribution >= 4 is 6.21 Å². The number of benzene rings is 1.